The fraction of sp³-hybridized carbons (Fsp3) is 0.588. The topological polar surface area (TPSA) is 44.8 Å². The van der Waals surface area contributed by atoms with Crippen LogP contribution in [0.15, 0.2) is 24.3 Å². The van der Waals surface area contributed by atoms with Gasteiger partial charge in [-0.1, -0.05) is 6.07 Å². The number of amides is 1. The van der Waals surface area contributed by atoms with Crippen molar-refractivity contribution in [1.82, 2.24) is 10.2 Å². The Labute approximate surface area is 133 Å². The molecule has 1 N–H and O–H groups in total. The molecule has 122 valence electrons. The van der Waals surface area contributed by atoms with Gasteiger partial charge >= 0.3 is 0 Å². The third kappa shape index (κ3) is 4.21. The summed E-state index contributed by atoms with van der Waals surface area (Å²) >= 11 is 0. The van der Waals surface area contributed by atoms with Crippen LogP contribution in [0.25, 0.3) is 0 Å². The molecule has 1 aliphatic heterocycles. The summed E-state index contributed by atoms with van der Waals surface area (Å²) in [4.78, 5) is 16.7. The van der Waals surface area contributed by atoms with E-state index in [2.05, 4.69) is 24.1 Å². The average molecular weight is 305 g/mol. The molecule has 0 unspecified atom stereocenters. The van der Waals surface area contributed by atoms with Crippen molar-refractivity contribution in [2.75, 3.05) is 45.3 Å². The quantitative estimate of drug-likeness (QED) is 0.897. The first-order valence-corrected chi connectivity index (χ1v) is 7.88. The van der Waals surface area contributed by atoms with E-state index in [0.29, 0.717) is 24.2 Å². The predicted octanol–water partition coefficient (Wildman–Crippen LogP) is 1.59. The second-order valence-electron chi connectivity index (χ2n) is 6.17. The molecule has 1 aromatic carbocycles. The summed E-state index contributed by atoms with van der Waals surface area (Å²) in [7, 11) is 3.94. The third-order valence-electron chi connectivity index (χ3n) is 4.17. The molecule has 5 heteroatoms. The highest BCUT2D eigenvalue weighted by atomic mass is 16.5. The van der Waals surface area contributed by atoms with Crippen molar-refractivity contribution in [2.24, 2.45) is 0 Å². The molecule has 0 aliphatic carbocycles. The van der Waals surface area contributed by atoms with Crippen LogP contribution in [0.4, 0.5) is 5.69 Å². The Bertz CT molecular complexity index is 504. The molecule has 0 aromatic heterocycles. The van der Waals surface area contributed by atoms with Gasteiger partial charge in [-0.15, -0.1) is 0 Å². The largest absolute Gasteiger partial charge is 0.379 e. The second-order valence-corrected chi connectivity index (χ2v) is 6.17. The number of morpholine rings is 1. The zero-order valence-corrected chi connectivity index (χ0v) is 14.0. The summed E-state index contributed by atoms with van der Waals surface area (Å²) in [5.41, 5.74) is 1.73. The first-order chi connectivity index (χ1) is 10.5. The average Bonchev–Trinajstić information content (AvgIpc) is 2.52. The Morgan fingerprint density at radius 2 is 2.27 bits per heavy atom. The number of hydrogen-bond donors (Lipinski definition) is 1. The number of nitrogens with one attached hydrogen (secondary N) is 1. The van der Waals surface area contributed by atoms with Crippen LogP contribution in [0.5, 0.6) is 0 Å². The van der Waals surface area contributed by atoms with Crippen LogP contribution in [0.3, 0.4) is 0 Å². The number of rotatable bonds is 5. The molecule has 1 aromatic rings. The zero-order chi connectivity index (χ0) is 16.1. The van der Waals surface area contributed by atoms with Crippen LogP contribution in [0.1, 0.15) is 24.2 Å². The first kappa shape index (κ1) is 16.8. The van der Waals surface area contributed by atoms with Crippen LogP contribution in [-0.2, 0) is 4.74 Å². The molecule has 1 aliphatic rings. The number of anilines is 1. The van der Waals surface area contributed by atoms with Crippen molar-refractivity contribution in [2.45, 2.75) is 25.9 Å². The Morgan fingerprint density at radius 3 is 2.95 bits per heavy atom. The molecule has 22 heavy (non-hydrogen) atoms. The summed E-state index contributed by atoms with van der Waals surface area (Å²) in [5.74, 6) is -0.0172. The maximum absolute atomic E-state index is 12.3. The normalized spacial score (nSPS) is 20.5. The molecule has 2 atom stereocenters. The van der Waals surface area contributed by atoms with Crippen molar-refractivity contribution in [3.05, 3.63) is 29.8 Å². The standard InChI is InChI=1S/C17H27N3O2/c1-13(20-8-9-22-12-14(20)2)11-18-17(21)15-6-5-7-16(10-15)19(3)4/h5-7,10,13-14H,8-9,11-12H2,1-4H3,(H,18,21)/t13-,14-/m0/s1. The molecule has 2 rings (SSSR count). The van der Waals surface area contributed by atoms with Gasteiger partial charge in [-0.05, 0) is 32.0 Å². The number of ether oxygens (including phenoxy) is 1. The number of carbonyl (C=O) groups excluding carboxylic acids is 1. The molecular formula is C17H27N3O2. The van der Waals surface area contributed by atoms with Crippen molar-refractivity contribution in [1.29, 1.82) is 0 Å². The van der Waals surface area contributed by atoms with Crippen LogP contribution < -0.4 is 10.2 Å². The van der Waals surface area contributed by atoms with Gasteiger partial charge in [-0.2, -0.15) is 0 Å². The lowest BCUT2D eigenvalue weighted by Crippen LogP contribution is -2.51. The van der Waals surface area contributed by atoms with Gasteiger partial charge in [-0.3, -0.25) is 9.69 Å². The van der Waals surface area contributed by atoms with Crippen LogP contribution in [0.2, 0.25) is 0 Å². The fourth-order valence-corrected chi connectivity index (χ4v) is 2.78. The molecule has 5 nitrogen and oxygen atoms in total. The van der Waals surface area contributed by atoms with E-state index in [1.807, 2.05) is 43.3 Å². The predicted molar refractivity (Wildman–Crippen MR) is 89.6 cm³/mol. The van der Waals surface area contributed by atoms with E-state index >= 15 is 0 Å². The first-order valence-electron chi connectivity index (χ1n) is 7.88. The van der Waals surface area contributed by atoms with E-state index in [0.717, 1.165) is 25.4 Å². The highest BCUT2D eigenvalue weighted by molar-refractivity contribution is 5.95. The highest BCUT2D eigenvalue weighted by Crippen LogP contribution is 2.14. The van der Waals surface area contributed by atoms with E-state index < -0.39 is 0 Å². The van der Waals surface area contributed by atoms with Crippen LogP contribution in [-0.4, -0.2) is 63.3 Å². The van der Waals surface area contributed by atoms with Gasteiger partial charge in [-0.25, -0.2) is 0 Å². The SMILES string of the molecule is C[C@@H](CNC(=O)c1cccc(N(C)C)c1)N1CCOC[C@@H]1C. The molecule has 1 heterocycles. The number of hydrogen-bond acceptors (Lipinski definition) is 4. The van der Waals surface area contributed by atoms with Crippen molar-refractivity contribution < 1.29 is 9.53 Å². The molecular weight excluding hydrogens is 278 g/mol. The maximum Gasteiger partial charge on any atom is 0.251 e. The highest BCUT2D eigenvalue weighted by Gasteiger charge is 2.23. The van der Waals surface area contributed by atoms with E-state index in [-0.39, 0.29) is 5.91 Å². The van der Waals surface area contributed by atoms with E-state index in [4.69, 9.17) is 4.74 Å². The monoisotopic (exact) mass is 305 g/mol. The van der Waals surface area contributed by atoms with E-state index in [1.165, 1.54) is 0 Å². The summed E-state index contributed by atoms with van der Waals surface area (Å²) in [6.07, 6.45) is 0. The van der Waals surface area contributed by atoms with Gasteiger partial charge in [0.05, 0.1) is 13.2 Å². The van der Waals surface area contributed by atoms with Crippen molar-refractivity contribution in [3.63, 3.8) is 0 Å². The van der Waals surface area contributed by atoms with Crippen LogP contribution in [0, 0.1) is 0 Å². The summed E-state index contributed by atoms with van der Waals surface area (Å²) < 4.78 is 5.46. The zero-order valence-electron chi connectivity index (χ0n) is 14.0. The lowest BCUT2D eigenvalue weighted by Gasteiger charge is -2.37. The molecule has 0 spiro atoms. The fourth-order valence-electron chi connectivity index (χ4n) is 2.78. The molecule has 1 saturated heterocycles. The molecule has 0 radical (unpaired) electrons. The molecule has 0 bridgehead atoms. The third-order valence-corrected chi connectivity index (χ3v) is 4.17. The lowest BCUT2D eigenvalue weighted by molar-refractivity contribution is -0.0178. The van der Waals surface area contributed by atoms with Crippen molar-refractivity contribution >= 4 is 11.6 Å². The van der Waals surface area contributed by atoms with Gasteiger partial charge in [0.25, 0.3) is 5.91 Å². The smallest absolute Gasteiger partial charge is 0.251 e. The van der Waals surface area contributed by atoms with Crippen molar-refractivity contribution in [3.8, 4) is 0 Å². The maximum atomic E-state index is 12.3. The summed E-state index contributed by atoms with van der Waals surface area (Å²) in [6.45, 7) is 7.43. The summed E-state index contributed by atoms with van der Waals surface area (Å²) in [5, 5.41) is 3.04. The van der Waals surface area contributed by atoms with E-state index in [9.17, 15) is 4.79 Å². The molecule has 1 amide bonds. The Balaban J connectivity index is 1.90. The van der Waals surface area contributed by atoms with Gasteiger partial charge in [0.1, 0.15) is 0 Å². The minimum Gasteiger partial charge on any atom is -0.379 e. The number of nitrogens with zero attached hydrogens (tertiary/aromatic N) is 2. The minimum atomic E-state index is -0.0172. The molecule has 0 saturated carbocycles. The number of carbonyl (C=O) groups is 1. The lowest BCUT2D eigenvalue weighted by atomic mass is 10.1. The Morgan fingerprint density at radius 1 is 1.50 bits per heavy atom. The molecule has 1 fully saturated rings. The van der Waals surface area contributed by atoms with Gasteiger partial charge in [0.15, 0.2) is 0 Å². The van der Waals surface area contributed by atoms with Gasteiger partial charge in [0, 0.05) is 50.5 Å². The van der Waals surface area contributed by atoms with Gasteiger partial charge < -0.3 is 15.0 Å². The van der Waals surface area contributed by atoms with Gasteiger partial charge in [0.2, 0.25) is 0 Å². The Kier molecular flexibility index (Phi) is 5.80. The van der Waals surface area contributed by atoms with Crippen LogP contribution >= 0.6 is 0 Å². The minimum absolute atomic E-state index is 0.0172. The van der Waals surface area contributed by atoms with E-state index in [1.54, 1.807) is 0 Å². The Hall–Kier alpha value is -1.59. The summed E-state index contributed by atoms with van der Waals surface area (Å²) in [6, 6.07) is 8.38. The number of benzene rings is 1. The second kappa shape index (κ2) is 7.61.